The summed E-state index contributed by atoms with van der Waals surface area (Å²) in [4.78, 5) is 36.6. The fraction of sp³-hybridized carbons (Fsp3) is 0.579. The number of nitrogens with one attached hydrogen (secondary N) is 1. The van der Waals surface area contributed by atoms with Crippen LogP contribution in [0.15, 0.2) is 27.4 Å². The van der Waals surface area contributed by atoms with Gasteiger partial charge in [0.25, 0.3) is 5.69 Å². The molecule has 0 aliphatic heterocycles. The minimum atomic E-state index is -0.583. The summed E-state index contributed by atoms with van der Waals surface area (Å²) in [5.41, 5.74) is 0.524. The molecule has 0 radical (unpaired) electrons. The standard InChI is InChI=1S/C19H28N4O5/c1-13(2)21(14(3)4)11-9-20-18(24)6-5-10-22-16-8-7-15(23(26)27)12-17(16)28-19(22)25/h7-8,12-14H,5-6,9-11H2,1-4H3,(H,20,24). The monoisotopic (exact) mass is 392 g/mol. The van der Waals surface area contributed by atoms with Crippen molar-refractivity contribution < 1.29 is 14.1 Å². The number of non-ortho nitro benzene ring substituents is 1. The Hall–Kier alpha value is -2.68. The zero-order valence-corrected chi connectivity index (χ0v) is 16.8. The van der Waals surface area contributed by atoms with Crippen LogP contribution in [0, 0.1) is 10.1 Å². The predicted octanol–water partition coefficient (Wildman–Crippen LogP) is 2.52. The summed E-state index contributed by atoms with van der Waals surface area (Å²) in [5, 5.41) is 13.7. The Labute approximate surface area is 163 Å². The first-order chi connectivity index (χ1) is 13.2. The van der Waals surface area contributed by atoms with Gasteiger partial charge in [-0.2, -0.15) is 0 Å². The summed E-state index contributed by atoms with van der Waals surface area (Å²) in [5.74, 6) is -0.649. The normalized spacial score (nSPS) is 11.7. The van der Waals surface area contributed by atoms with Crippen LogP contribution in [0.5, 0.6) is 0 Å². The number of aromatic nitrogens is 1. The van der Waals surface area contributed by atoms with E-state index in [1.165, 1.54) is 22.8 Å². The van der Waals surface area contributed by atoms with Crippen LogP contribution in [-0.2, 0) is 11.3 Å². The number of aryl methyl sites for hydroxylation is 1. The van der Waals surface area contributed by atoms with Gasteiger partial charge in [-0.25, -0.2) is 4.79 Å². The largest absolute Gasteiger partial charge is 0.419 e. The first-order valence-electron chi connectivity index (χ1n) is 9.51. The van der Waals surface area contributed by atoms with Gasteiger partial charge in [0.15, 0.2) is 5.58 Å². The Bertz CT molecular complexity index is 876. The van der Waals surface area contributed by atoms with Crippen LogP contribution >= 0.6 is 0 Å². The first-order valence-corrected chi connectivity index (χ1v) is 9.51. The van der Waals surface area contributed by atoms with Crippen LogP contribution in [0.1, 0.15) is 40.5 Å². The maximum absolute atomic E-state index is 12.0. The van der Waals surface area contributed by atoms with Crippen molar-refractivity contribution in [2.24, 2.45) is 0 Å². The van der Waals surface area contributed by atoms with Crippen molar-refractivity contribution >= 4 is 22.7 Å². The third kappa shape index (κ3) is 5.41. The molecule has 0 aliphatic carbocycles. The molecule has 1 N–H and O–H groups in total. The van der Waals surface area contributed by atoms with Crippen LogP contribution in [0.3, 0.4) is 0 Å². The third-order valence-corrected chi connectivity index (χ3v) is 4.67. The Balaban J connectivity index is 1.86. The number of hydrogen-bond acceptors (Lipinski definition) is 6. The number of carbonyl (C=O) groups excluding carboxylic acids is 1. The van der Waals surface area contributed by atoms with E-state index in [9.17, 15) is 19.7 Å². The highest BCUT2D eigenvalue weighted by Gasteiger charge is 2.15. The Morgan fingerprint density at radius 1 is 1.29 bits per heavy atom. The number of benzene rings is 1. The molecule has 9 nitrogen and oxygen atoms in total. The SMILES string of the molecule is CC(C)N(CCNC(=O)CCCn1c(=O)oc2cc([N+](=O)[O-])ccc21)C(C)C. The summed E-state index contributed by atoms with van der Waals surface area (Å²) in [6, 6.07) is 4.87. The number of nitro groups is 1. The zero-order chi connectivity index (χ0) is 20.8. The van der Waals surface area contributed by atoms with E-state index in [1.807, 2.05) is 0 Å². The van der Waals surface area contributed by atoms with Crippen molar-refractivity contribution in [2.45, 2.75) is 59.2 Å². The molecule has 1 heterocycles. The molecule has 0 unspecified atom stereocenters. The minimum Gasteiger partial charge on any atom is -0.407 e. The van der Waals surface area contributed by atoms with E-state index in [0.29, 0.717) is 37.1 Å². The Morgan fingerprint density at radius 2 is 1.96 bits per heavy atom. The topological polar surface area (TPSA) is 111 Å². The van der Waals surface area contributed by atoms with Crippen LogP contribution in [0.2, 0.25) is 0 Å². The molecule has 1 aromatic carbocycles. The molecule has 1 aromatic heterocycles. The van der Waals surface area contributed by atoms with Crippen molar-refractivity contribution in [2.75, 3.05) is 13.1 Å². The molecule has 9 heteroatoms. The van der Waals surface area contributed by atoms with Crippen LogP contribution < -0.4 is 11.1 Å². The number of rotatable bonds is 10. The van der Waals surface area contributed by atoms with Crippen LogP contribution in [-0.4, -0.2) is 45.5 Å². The highest BCUT2D eigenvalue weighted by Crippen LogP contribution is 2.20. The molecule has 2 aromatic rings. The average molecular weight is 392 g/mol. The molecule has 0 atom stereocenters. The lowest BCUT2D eigenvalue weighted by atomic mass is 10.2. The smallest absolute Gasteiger partial charge is 0.407 e. The quantitative estimate of drug-likeness (QED) is 0.491. The molecule has 2 rings (SSSR count). The zero-order valence-electron chi connectivity index (χ0n) is 16.8. The van der Waals surface area contributed by atoms with Gasteiger partial charge in [0.1, 0.15) is 0 Å². The van der Waals surface area contributed by atoms with E-state index in [4.69, 9.17) is 4.42 Å². The molecular weight excluding hydrogens is 364 g/mol. The summed E-state index contributed by atoms with van der Waals surface area (Å²) >= 11 is 0. The van der Waals surface area contributed by atoms with Gasteiger partial charge in [-0.1, -0.05) is 0 Å². The Morgan fingerprint density at radius 3 is 2.57 bits per heavy atom. The van der Waals surface area contributed by atoms with Crippen molar-refractivity contribution in [1.29, 1.82) is 0 Å². The van der Waals surface area contributed by atoms with Crippen molar-refractivity contribution in [3.63, 3.8) is 0 Å². The maximum atomic E-state index is 12.0. The van der Waals surface area contributed by atoms with Crippen LogP contribution in [0.4, 0.5) is 5.69 Å². The summed E-state index contributed by atoms with van der Waals surface area (Å²) in [6.45, 7) is 10.2. The van der Waals surface area contributed by atoms with E-state index in [2.05, 4.69) is 37.9 Å². The lowest BCUT2D eigenvalue weighted by Gasteiger charge is -2.30. The lowest BCUT2D eigenvalue weighted by molar-refractivity contribution is -0.384. The van der Waals surface area contributed by atoms with Crippen molar-refractivity contribution in [3.05, 3.63) is 38.9 Å². The second-order valence-electron chi connectivity index (χ2n) is 7.31. The fourth-order valence-electron chi connectivity index (χ4n) is 3.30. The molecule has 1 amide bonds. The van der Waals surface area contributed by atoms with Gasteiger partial charge in [0.2, 0.25) is 5.91 Å². The van der Waals surface area contributed by atoms with E-state index < -0.39 is 10.7 Å². The van der Waals surface area contributed by atoms with Crippen LogP contribution in [0.25, 0.3) is 11.1 Å². The molecule has 0 saturated carbocycles. The fourth-order valence-corrected chi connectivity index (χ4v) is 3.30. The molecule has 0 bridgehead atoms. The van der Waals surface area contributed by atoms with Gasteiger partial charge in [-0.15, -0.1) is 0 Å². The molecular formula is C19H28N4O5. The number of fused-ring (bicyclic) bond motifs is 1. The minimum absolute atomic E-state index is 0.0658. The van der Waals surface area contributed by atoms with Gasteiger partial charge in [-0.3, -0.25) is 24.4 Å². The maximum Gasteiger partial charge on any atom is 0.419 e. The van der Waals surface area contributed by atoms with Gasteiger partial charge >= 0.3 is 5.76 Å². The molecule has 28 heavy (non-hydrogen) atoms. The van der Waals surface area contributed by atoms with Gasteiger partial charge in [0, 0.05) is 44.2 Å². The molecule has 0 fully saturated rings. The first kappa shape index (κ1) is 21.6. The van der Waals surface area contributed by atoms with E-state index in [1.54, 1.807) is 0 Å². The van der Waals surface area contributed by atoms with Gasteiger partial charge in [0.05, 0.1) is 16.5 Å². The van der Waals surface area contributed by atoms with E-state index >= 15 is 0 Å². The number of amides is 1. The van der Waals surface area contributed by atoms with Gasteiger partial charge < -0.3 is 9.73 Å². The number of nitro benzene ring substituents is 1. The number of oxazole rings is 1. The average Bonchev–Trinajstić information content (AvgIpc) is 2.92. The van der Waals surface area contributed by atoms with E-state index in [-0.39, 0.29) is 23.6 Å². The second kappa shape index (κ2) is 9.50. The van der Waals surface area contributed by atoms with Crippen molar-refractivity contribution in [3.8, 4) is 0 Å². The molecule has 0 spiro atoms. The Kier molecular flexibility index (Phi) is 7.33. The lowest BCUT2D eigenvalue weighted by Crippen LogP contribution is -2.42. The predicted molar refractivity (Wildman–Crippen MR) is 106 cm³/mol. The highest BCUT2D eigenvalue weighted by molar-refractivity contribution is 5.76. The van der Waals surface area contributed by atoms with Gasteiger partial charge in [-0.05, 0) is 40.2 Å². The summed E-state index contributed by atoms with van der Waals surface area (Å²) in [6.07, 6.45) is 0.755. The molecule has 0 aliphatic rings. The number of hydrogen-bond donors (Lipinski definition) is 1. The summed E-state index contributed by atoms with van der Waals surface area (Å²) < 4.78 is 6.47. The number of nitrogens with zero attached hydrogens (tertiary/aromatic N) is 3. The van der Waals surface area contributed by atoms with Crippen molar-refractivity contribution in [1.82, 2.24) is 14.8 Å². The van der Waals surface area contributed by atoms with E-state index in [0.717, 1.165) is 6.54 Å². The molecule has 0 saturated heterocycles. The highest BCUT2D eigenvalue weighted by atomic mass is 16.6. The number of carbonyl (C=O) groups is 1. The second-order valence-corrected chi connectivity index (χ2v) is 7.31. The summed E-state index contributed by atoms with van der Waals surface area (Å²) in [7, 11) is 0. The third-order valence-electron chi connectivity index (χ3n) is 4.67. The molecule has 154 valence electrons.